The summed E-state index contributed by atoms with van der Waals surface area (Å²) < 4.78 is 0. The third-order valence-electron chi connectivity index (χ3n) is 4.29. The van der Waals surface area contributed by atoms with E-state index in [-0.39, 0.29) is 24.3 Å². The van der Waals surface area contributed by atoms with Crippen LogP contribution < -0.4 is 5.32 Å². The Morgan fingerprint density at radius 1 is 1.24 bits per heavy atom. The van der Waals surface area contributed by atoms with Gasteiger partial charge in [-0.05, 0) is 19.8 Å². The van der Waals surface area contributed by atoms with E-state index in [9.17, 15) is 9.59 Å². The number of hydrogen-bond acceptors (Lipinski definition) is 5. The van der Waals surface area contributed by atoms with Gasteiger partial charge in [0.05, 0.1) is 12.1 Å². The van der Waals surface area contributed by atoms with Crippen molar-refractivity contribution in [1.29, 1.82) is 0 Å². The standard InChI is InChI=1S/C15H21N3O2S/c1-10-9-21-15(16-10)17-12-8-13(19)18(14(12)20)11-6-4-2-3-5-7-11/h9,11-12H,2-8H2,1H3,(H,16,17). The Hall–Kier alpha value is -1.43. The molecule has 6 heteroatoms. The molecule has 1 saturated carbocycles. The van der Waals surface area contributed by atoms with Crippen LogP contribution in [-0.4, -0.2) is 33.8 Å². The van der Waals surface area contributed by atoms with Crippen LogP contribution in [0.3, 0.4) is 0 Å². The van der Waals surface area contributed by atoms with E-state index in [1.807, 2.05) is 12.3 Å². The van der Waals surface area contributed by atoms with Crippen LogP contribution in [-0.2, 0) is 9.59 Å². The van der Waals surface area contributed by atoms with Gasteiger partial charge in [-0.25, -0.2) is 4.98 Å². The summed E-state index contributed by atoms with van der Waals surface area (Å²) in [7, 11) is 0. The van der Waals surface area contributed by atoms with Gasteiger partial charge < -0.3 is 5.32 Å². The first-order valence-electron chi connectivity index (χ1n) is 7.70. The lowest BCUT2D eigenvalue weighted by Gasteiger charge is -2.25. The molecule has 1 aliphatic carbocycles. The molecule has 1 saturated heterocycles. The first-order chi connectivity index (χ1) is 10.1. The molecule has 1 aromatic rings. The summed E-state index contributed by atoms with van der Waals surface area (Å²) in [5, 5.41) is 5.78. The fourth-order valence-corrected chi connectivity index (χ4v) is 3.97. The van der Waals surface area contributed by atoms with Crippen LogP contribution in [0.4, 0.5) is 5.13 Å². The van der Waals surface area contributed by atoms with Gasteiger partial charge in [0.25, 0.3) is 5.91 Å². The molecule has 1 aliphatic heterocycles. The van der Waals surface area contributed by atoms with Gasteiger partial charge in [-0.3, -0.25) is 14.5 Å². The lowest BCUT2D eigenvalue weighted by Crippen LogP contribution is -2.42. The number of thiazole rings is 1. The number of rotatable bonds is 3. The second-order valence-corrected chi connectivity index (χ2v) is 6.80. The molecule has 114 valence electrons. The van der Waals surface area contributed by atoms with E-state index in [0.29, 0.717) is 0 Å². The second-order valence-electron chi connectivity index (χ2n) is 5.94. The predicted molar refractivity (Wildman–Crippen MR) is 82.2 cm³/mol. The Morgan fingerprint density at radius 3 is 2.57 bits per heavy atom. The number of imide groups is 1. The van der Waals surface area contributed by atoms with Gasteiger partial charge in [0.2, 0.25) is 5.91 Å². The quantitative estimate of drug-likeness (QED) is 0.689. The van der Waals surface area contributed by atoms with Gasteiger partial charge in [-0.1, -0.05) is 25.7 Å². The number of aryl methyl sites for hydroxylation is 1. The number of aromatic nitrogens is 1. The van der Waals surface area contributed by atoms with Gasteiger partial charge >= 0.3 is 0 Å². The van der Waals surface area contributed by atoms with Crippen molar-refractivity contribution in [2.45, 2.75) is 64.0 Å². The number of carbonyl (C=O) groups excluding carboxylic acids is 2. The average Bonchev–Trinajstić information content (AvgIpc) is 2.84. The fraction of sp³-hybridized carbons (Fsp3) is 0.667. The van der Waals surface area contributed by atoms with E-state index in [1.54, 1.807) is 0 Å². The number of nitrogens with zero attached hydrogens (tertiary/aromatic N) is 2. The highest BCUT2D eigenvalue weighted by molar-refractivity contribution is 7.13. The molecule has 1 atom stereocenters. The van der Waals surface area contributed by atoms with Crippen LogP contribution in [0.15, 0.2) is 5.38 Å². The lowest BCUT2D eigenvalue weighted by atomic mass is 10.1. The molecule has 0 spiro atoms. The Morgan fingerprint density at radius 2 is 1.95 bits per heavy atom. The third-order valence-corrected chi connectivity index (χ3v) is 5.18. The molecular weight excluding hydrogens is 286 g/mol. The lowest BCUT2D eigenvalue weighted by molar-refractivity contribution is -0.141. The zero-order chi connectivity index (χ0) is 14.8. The van der Waals surface area contributed by atoms with Crippen molar-refractivity contribution in [2.75, 3.05) is 5.32 Å². The van der Waals surface area contributed by atoms with Crippen molar-refractivity contribution in [3.63, 3.8) is 0 Å². The van der Waals surface area contributed by atoms with Crippen LogP contribution in [0.5, 0.6) is 0 Å². The molecule has 2 fully saturated rings. The summed E-state index contributed by atoms with van der Waals surface area (Å²) in [6.07, 6.45) is 6.84. The van der Waals surface area contributed by atoms with Crippen LogP contribution in [0.2, 0.25) is 0 Å². The zero-order valence-corrected chi connectivity index (χ0v) is 13.1. The topological polar surface area (TPSA) is 62.3 Å². The Balaban J connectivity index is 1.69. The van der Waals surface area contributed by atoms with Crippen molar-refractivity contribution in [3.05, 3.63) is 11.1 Å². The summed E-state index contributed by atoms with van der Waals surface area (Å²) in [5.74, 6) is -0.0996. The van der Waals surface area contributed by atoms with Gasteiger partial charge in [0.15, 0.2) is 5.13 Å². The molecule has 5 nitrogen and oxygen atoms in total. The average molecular weight is 307 g/mol. The molecule has 21 heavy (non-hydrogen) atoms. The van der Waals surface area contributed by atoms with Crippen molar-refractivity contribution in [3.8, 4) is 0 Å². The monoisotopic (exact) mass is 307 g/mol. The Kier molecular flexibility index (Phi) is 4.24. The molecule has 1 unspecified atom stereocenters. The Bertz CT molecular complexity index is 535. The van der Waals surface area contributed by atoms with E-state index < -0.39 is 6.04 Å². The number of carbonyl (C=O) groups is 2. The minimum Gasteiger partial charge on any atom is -0.349 e. The molecule has 2 amide bonds. The van der Waals surface area contributed by atoms with Crippen LogP contribution >= 0.6 is 11.3 Å². The fourth-order valence-electron chi connectivity index (χ4n) is 3.23. The van der Waals surface area contributed by atoms with E-state index in [2.05, 4.69) is 10.3 Å². The maximum absolute atomic E-state index is 12.6. The zero-order valence-electron chi connectivity index (χ0n) is 12.3. The summed E-state index contributed by atoms with van der Waals surface area (Å²) >= 11 is 1.48. The van der Waals surface area contributed by atoms with E-state index in [4.69, 9.17) is 0 Å². The molecule has 0 aromatic carbocycles. The van der Waals surface area contributed by atoms with Crippen molar-refractivity contribution in [1.82, 2.24) is 9.88 Å². The summed E-state index contributed by atoms with van der Waals surface area (Å²) in [4.78, 5) is 30.7. The third kappa shape index (κ3) is 3.10. The van der Waals surface area contributed by atoms with Crippen LogP contribution in [0.25, 0.3) is 0 Å². The predicted octanol–water partition coefficient (Wildman–Crippen LogP) is 2.71. The highest BCUT2D eigenvalue weighted by atomic mass is 32.1. The van der Waals surface area contributed by atoms with Crippen molar-refractivity contribution < 1.29 is 9.59 Å². The highest BCUT2D eigenvalue weighted by Crippen LogP contribution is 2.28. The Labute approximate surface area is 128 Å². The van der Waals surface area contributed by atoms with E-state index in [1.165, 1.54) is 29.1 Å². The molecule has 1 N–H and O–H groups in total. The number of likely N-dealkylation sites (tertiary alicyclic amines) is 1. The van der Waals surface area contributed by atoms with Crippen LogP contribution in [0.1, 0.15) is 50.6 Å². The van der Waals surface area contributed by atoms with Gasteiger partial charge in [0.1, 0.15) is 6.04 Å². The first-order valence-corrected chi connectivity index (χ1v) is 8.57. The first kappa shape index (κ1) is 14.5. The van der Waals surface area contributed by atoms with Gasteiger partial charge in [-0.15, -0.1) is 11.3 Å². The molecular formula is C15H21N3O2S. The minimum absolute atomic E-state index is 0.0299. The van der Waals surface area contributed by atoms with Gasteiger partial charge in [-0.2, -0.15) is 0 Å². The molecule has 2 aliphatic rings. The van der Waals surface area contributed by atoms with Crippen molar-refractivity contribution >= 4 is 28.3 Å². The normalized spacial score (nSPS) is 24.4. The maximum Gasteiger partial charge on any atom is 0.252 e. The minimum atomic E-state index is -0.439. The second kappa shape index (κ2) is 6.13. The number of nitrogens with one attached hydrogen (secondary N) is 1. The number of amides is 2. The number of hydrogen-bond donors (Lipinski definition) is 1. The summed E-state index contributed by atoms with van der Waals surface area (Å²) in [6.45, 7) is 1.92. The molecule has 0 radical (unpaired) electrons. The van der Waals surface area contributed by atoms with Gasteiger partial charge in [0, 0.05) is 11.4 Å². The van der Waals surface area contributed by atoms with E-state index >= 15 is 0 Å². The smallest absolute Gasteiger partial charge is 0.252 e. The molecule has 2 heterocycles. The molecule has 3 rings (SSSR count). The highest BCUT2D eigenvalue weighted by Gasteiger charge is 2.42. The molecule has 1 aromatic heterocycles. The SMILES string of the molecule is Cc1csc(NC2CC(=O)N(C3CCCCCC3)C2=O)n1. The molecule has 0 bridgehead atoms. The summed E-state index contributed by atoms with van der Waals surface area (Å²) in [5.41, 5.74) is 0.930. The largest absolute Gasteiger partial charge is 0.349 e. The number of anilines is 1. The maximum atomic E-state index is 12.6. The summed E-state index contributed by atoms with van der Waals surface area (Å²) in [6, 6.07) is -0.330. The van der Waals surface area contributed by atoms with Crippen LogP contribution in [0, 0.1) is 6.92 Å². The van der Waals surface area contributed by atoms with Crippen molar-refractivity contribution in [2.24, 2.45) is 0 Å². The van der Waals surface area contributed by atoms with E-state index in [0.717, 1.165) is 36.5 Å².